The maximum Gasteiger partial charge on any atom is 0.417 e. The van der Waals surface area contributed by atoms with Crippen LogP contribution in [-0.4, -0.2) is 19.4 Å². The van der Waals surface area contributed by atoms with E-state index in [1.165, 1.54) is 50.3 Å². The first-order valence-electron chi connectivity index (χ1n) is 10.9. The number of sulfonamides is 1. The summed E-state index contributed by atoms with van der Waals surface area (Å²) in [4.78, 5) is 13.9. The average Bonchev–Trinajstić information content (AvgIpc) is 3.13. The molecular weight excluding hydrogens is 414 g/mol. The number of oxazole rings is 1. The van der Waals surface area contributed by atoms with Gasteiger partial charge < -0.3 is 9.73 Å². The van der Waals surface area contributed by atoms with Crippen LogP contribution in [0.15, 0.2) is 56.6 Å². The van der Waals surface area contributed by atoms with Gasteiger partial charge in [0.05, 0.1) is 16.1 Å². The number of H-pyrrole nitrogens is 1. The largest absolute Gasteiger partial charge is 0.417 e. The first-order valence-corrected chi connectivity index (χ1v) is 12.4. The highest BCUT2D eigenvalue weighted by Crippen LogP contribution is 2.28. The molecule has 0 unspecified atom stereocenters. The number of aromatic nitrogens is 1. The van der Waals surface area contributed by atoms with Crippen molar-refractivity contribution in [2.45, 2.75) is 62.9 Å². The minimum Gasteiger partial charge on any atom is -0.408 e. The second kappa shape index (κ2) is 9.28. The number of fused-ring (bicyclic) bond motifs is 1. The number of hydrogen-bond donors (Lipinski definition) is 3. The van der Waals surface area contributed by atoms with E-state index in [2.05, 4.69) is 21.9 Å². The molecule has 31 heavy (non-hydrogen) atoms. The zero-order chi connectivity index (χ0) is 21.8. The van der Waals surface area contributed by atoms with E-state index in [9.17, 15) is 13.2 Å². The van der Waals surface area contributed by atoms with E-state index in [0.29, 0.717) is 29.4 Å². The lowest BCUT2D eigenvalue weighted by molar-refractivity contribution is 0.305. The number of rotatable bonds is 8. The predicted octanol–water partition coefficient (Wildman–Crippen LogP) is 4.37. The van der Waals surface area contributed by atoms with Crippen LogP contribution in [0.25, 0.3) is 11.1 Å². The van der Waals surface area contributed by atoms with Crippen LogP contribution in [0.1, 0.15) is 51.0 Å². The molecule has 0 amide bonds. The Labute approximate surface area is 182 Å². The van der Waals surface area contributed by atoms with Gasteiger partial charge in [-0.2, -0.15) is 0 Å². The summed E-state index contributed by atoms with van der Waals surface area (Å²) in [6, 6.07) is 12.1. The first kappa shape index (κ1) is 21.6. The zero-order valence-corrected chi connectivity index (χ0v) is 18.5. The fourth-order valence-corrected chi connectivity index (χ4v) is 5.49. The molecule has 1 fully saturated rings. The highest BCUT2D eigenvalue weighted by Gasteiger charge is 2.19. The Morgan fingerprint density at radius 2 is 1.90 bits per heavy atom. The minimum atomic E-state index is -3.82. The molecule has 0 radical (unpaired) electrons. The van der Waals surface area contributed by atoms with Gasteiger partial charge in [-0.05, 0) is 49.1 Å². The molecule has 0 bridgehead atoms. The third-order valence-corrected chi connectivity index (χ3v) is 7.38. The van der Waals surface area contributed by atoms with Crippen molar-refractivity contribution in [3.05, 3.63) is 58.6 Å². The number of benzene rings is 2. The van der Waals surface area contributed by atoms with E-state index < -0.39 is 15.8 Å². The molecule has 8 heteroatoms. The van der Waals surface area contributed by atoms with Crippen molar-refractivity contribution in [3.63, 3.8) is 0 Å². The summed E-state index contributed by atoms with van der Waals surface area (Å²) in [7, 11) is -3.82. The normalized spacial score (nSPS) is 16.4. The average molecular weight is 444 g/mol. The summed E-state index contributed by atoms with van der Waals surface area (Å²) in [5.41, 5.74) is 2.10. The van der Waals surface area contributed by atoms with Gasteiger partial charge in [0.15, 0.2) is 5.58 Å². The van der Waals surface area contributed by atoms with E-state index in [-0.39, 0.29) is 4.90 Å². The lowest BCUT2D eigenvalue weighted by Crippen LogP contribution is -2.29. The first-order chi connectivity index (χ1) is 14.9. The van der Waals surface area contributed by atoms with Crippen LogP contribution >= 0.6 is 0 Å². The Bertz CT molecular complexity index is 1190. The van der Waals surface area contributed by atoms with E-state index in [1.807, 2.05) is 18.2 Å². The van der Waals surface area contributed by atoms with Crippen molar-refractivity contribution >= 4 is 26.8 Å². The van der Waals surface area contributed by atoms with Gasteiger partial charge in [-0.3, -0.25) is 9.71 Å². The van der Waals surface area contributed by atoms with Crippen molar-refractivity contribution in [2.24, 2.45) is 5.92 Å². The second-order valence-electron chi connectivity index (χ2n) is 8.46. The smallest absolute Gasteiger partial charge is 0.408 e. The van der Waals surface area contributed by atoms with Crippen LogP contribution in [0.2, 0.25) is 0 Å². The molecule has 1 aromatic heterocycles. The zero-order valence-electron chi connectivity index (χ0n) is 17.7. The highest BCUT2D eigenvalue weighted by atomic mass is 32.2. The summed E-state index contributed by atoms with van der Waals surface area (Å²) < 4.78 is 33.5. The lowest BCUT2D eigenvalue weighted by atomic mass is 9.85. The van der Waals surface area contributed by atoms with E-state index in [0.717, 1.165) is 17.9 Å². The number of nitrogens with one attached hydrogen (secondary N) is 3. The van der Waals surface area contributed by atoms with Crippen molar-refractivity contribution in [2.75, 3.05) is 4.72 Å². The van der Waals surface area contributed by atoms with Gasteiger partial charge in [-0.15, -0.1) is 0 Å². The monoisotopic (exact) mass is 443 g/mol. The van der Waals surface area contributed by atoms with Crippen LogP contribution in [0.3, 0.4) is 0 Å². The summed E-state index contributed by atoms with van der Waals surface area (Å²) in [6.07, 6.45) is 7.80. The molecular formula is C23H29N3O4S. The standard InChI is InChI=1S/C23H29N3O4S/c1-16(13-17-7-3-2-4-8-17)24-15-18-9-5-6-10-20(18)26-31(28,29)19-11-12-22-21(14-19)25-23(27)30-22/h5-6,9-12,14,16-17,24,26H,2-4,7-8,13,15H2,1H3,(H,25,27)/t16-/m0/s1. The fourth-order valence-electron chi connectivity index (χ4n) is 4.37. The molecule has 1 aliphatic carbocycles. The van der Waals surface area contributed by atoms with Crippen LogP contribution in [-0.2, 0) is 16.6 Å². The molecule has 0 aliphatic heterocycles. The highest BCUT2D eigenvalue weighted by molar-refractivity contribution is 7.92. The van der Waals surface area contributed by atoms with Crippen molar-refractivity contribution < 1.29 is 12.8 Å². The minimum absolute atomic E-state index is 0.0606. The summed E-state index contributed by atoms with van der Waals surface area (Å²) in [6.45, 7) is 2.78. The topological polar surface area (TPSA) is 104 Å². The molecule has 0 spiro atoms. The third-order valence-electron chi connectivity index (χ3n) is 6.02. The number of hydrogen-bond acceptors (Lipinski definition) is 5. The number of anilines is 1. The van der Waals surface area contributed by atoms with Crippen molar-refractivity contribution in [1.29, 1.82) is 0 Å². The molecule has 1 heterocycles. The number of para-hydroxylation sites is 1. The lowest BCUT2D eigenvalue weighted by Gasteiger charge is -2.25. The third kappa shape index (κ3) is 5.37. The van der Waals surface area contributed by atoms with E-state index in [4.69, 9.17) is 4.42 Å². The maximum atomic E-state index is 13.0. The van der Waals surface area contributed by atoms with Gasteiger partial charge in [-0.1, -0.05) is 50.3 Å². The van der Waals surface area contributed by atoms with Gasteiger partial charge in [-0.25, -0.2) is 13.2 Å². The maximum absolute atomic E-state index is 13.0. The van der Waals surface area contributed by atoms with E-state index in [1.54, 1.807) is 6.07 Å². The van der Waals surface area contributed by atoms with Gasteiger partial charge >= 0.3 is 5.76 Å². The van der Waals surface area contributed by atoms with E-state index >= 15 is 0 Å². The molecule has 1 aliphatic rings. The summed E-state index contributed by atoms with van der Waals surface area (Å²) >= 11 is 0. The molecule has 1 saturated carbocycles. The van der Waals surface area contributed by atoms with Gasteiger partial charge in [0.25, 0.3) is 10.0 Å². The molecule has 0 saturated heterocycles. The molecule has 1 atom stereocenters. The summed E-state index contributed by atoms with van der Waals surface area (Å²) in [5, 5.41) is 3.55. The van der Waals surface area contributed by atoms with Crippen LogP contribution < -0.4 is 15.8 Å². The van der Waals surface area contributed by atoms with Crippen molar-refractivity contribution in [3.8, 4) is 0 Å². The predicted molar refractivity (Wildman–Crippen MR) is 122 cm³/mol. The van der Waals surface area contributed by atoms with Gasteiger partial charge in [0, 0.05) is 12.6 Å². The molecule has 3 N–H and O–H groups in total. The second-order valence-corrected chi connectivity index (χ2v) is 10.1. The Hall–Kier alpha value is -2.58. The van der Waals surface area contributed by atoms with Crippen LogP contribution in [0.4, 0.5) is 5.69 Å². The molecule has 7 nitrogen and oxygen atoms in total. The molecule has 3 aromatic rings. The van der Waals surface area contributed by atoms with Crippen LogP contribution in [0, 0.1) is 5.92 Å². The van der Waals surface area contributed by atoms with Crippen molar-refractivity contribution in [1.82, 2.24) is 10.3 Å². The fraction of sp³-hybridized carbons (Fsp3) is 0.435. The quantitative estimate of drug-likeness (QED) is 0.480. The van der Waals surface area contributed by atoms with Gasteiger partial charge in [0.2, 0.25) is 0 Å². The number of aromatic amines is 1. The summed E-state index contributed by atoms with van der Waals surface area (Å²) in [5.74, 6) is 0.172. The molecule has 4 rings (SSSR count). The van der Waals surface area contributed by atoms with Crippen LogP contribution in [0.5, 0.6) is 0 Å². The molecule has 2 aromatic carbocycles. The Morgan fingerprint density at radius 3 is 2.71 bits per heavy atom. The van der Waals surface area contributed by atoms with Gasteiger partial charge in [0.1, 0.15) is 0 Å². The Balaban J connectivity index is 1.45. The Kier molecular flexibility index (Phi) is 6.48. The molecule has 166 valence electrons. The Morgan fingerprint density at radius 1 is 1.13 bits per heavy atom. The SMILES string of the molecule is C[C@@H](CC1CCCCC1)NCc1ccccc1NS(=O)(=O)c1ccc2oc(=O)[nH]c2c1.